The van der Waals surface area contributed by atoms with Crippen LogP contribution in [0.4, 0.5) is 0 Å². The van der Waals surface area contributed by atoms with Gasteiger partial charge in [-0.3, -0.25) is 4.79 Å². The zero-order valence-electron chi connectivity index (χ0n) is 8.99. The summed E-state index contributed by atoms with van der Waals surface area (Å²) in [5, 5.41) is 0. The van der Waals surface area contributed by atoms with E-state index in [-0.39, 0.29) is 12.0 Å². The van der Waals surface area contributed by atoms with Gasteiger partial charge in [-0.2, -0.15) is 0 Å². The van der Waals surface area contributed by atoms with Crippen molar-refractivity contribution in [2.75, 3.05) is 26.2 Å². The molecule has 2 N–H and O–H groups in total. The van der Waals surface area contributed by atoms with Crippen LogP contribution in [0.1, 0.15) is 10.4 Å². The quantitative estimate of drug-likeness (QED) is 0.850. The van der Waals surface area contributed by atoms with Gasteiger partial charge in [0.15, 0.2) is 0 Å². The number of nitrogens with two attached hydrogens (primary N) is 1. The average molecular weight is 384 g/mol. The topological polar surface area (TPSA) is 55.6 Å². The zero-order valence-corrected chi connectivity index (χ0v) is 13.0. The van der Waals surface area contributed by atoms with Crippen LogP contribution in [-0.2, 0) is 4.74 Å². The third-order valence-electron chi connectivity index (χ3n) is 2.58. The molecule has 1 fully saturated rings. The van der Waals surface area contributed by atoms with Crippen LogP contribution >= 0.6 is 43.2 Å². The second-order valence-corrected chi connectivity index (χ2v) is 7.47. The molecule has 1 unspecified atom stereocenters. The lowest BCUT2D eigenvalue weighted by Crippen LogP contribution is -2.48. The number of morpholine rings is 1. The fraction of sp³-hybridized carbons (Fsp3) is 0.500. The van der Waals surface area contributed by atoms with Crippen LogP contribution in [0.2, 0.25) is 0 Å². The number of hydrogen-bond acceptors (Lipinski definition) is 4. The third kappa shape index (κ3) is 3.08. The predicted molar refractivity (Wildman–Crippen MR) is 74.4 cm³/mol. The van der Waals surface area contributed by atoms with Gasteiger partial charge in [0.1, 0.15) is 0 Å². The molecule has 0 saturated carbocycles. The molecule has 1 aromatic rings. The second kappa shape index (κ2) is 5.79. The molecule has 0 aliphatic carbocycles. The van der Waals surface area contributed by atoms with E-state index in [4.69, 9.17) is 10.5 Å². The smallest absolute Gasteiger partial charge is 0.256 e. The molecule has 1 aliphatic heterocycles. The number of thiophene rings is 1. The molecule has 1 amide bonds. The fourth-order valence-corrected chi connectivity index (χ4v) is 4.48. The summed E-state index contributed by atoms with van der Waals surface area (Å²) in [7, 11) is 0. The minimum Gasteiger partial charge on any atom is -0.373 e. The molecule has 0 bridgehead atoms. The highest BCUT2D eigenvalue weighted by atomic mass is 79.9. The van der Waals surface area contributed by atoms with E-state index in [1.807, 2.05) is 6.07 Å². The predicted octanol–water partition coefficient (Wildman–Crippen LogP) is 2.07. The van der Waals surface area contributed by atoms with Crippen molar-refractivity contribution in [1.29, 1.82) is 0 Å². The van der Waals surface area contributed by atoms with Gasteiger partial charge in [0, 0.05) is 19.6 Å². The Hall–Kier alpha value is 0.0500. The first-order chi connectivity index (χ1) is 8.11. The second-order valence-electron chi connectivity index (χ2n) is 3.72. The van der Waals surface area contributed by atoms with Gasteiger partial charge in [-0.1, -0.05) is 0 Å². The molecule has 2 heterocycles. The summed E-state index contributed by atoms with van der Waals surface area (Å²) in [6.07, 6.45) is -0.0476. The van der Waals surface area contributed by atoms with Crippen LogP contribution < -0.4 is 5.73 Å². The molecule has 2 rings (SSSR count). The molecule has 1 aromatic heterocycles. The fourth-order valence-electron chi connectivity index (χ4n) is 1.70. The summed E-state index contributed by atoms with van der Waals surface area (Å²) < 4.78 is 7.23. The highest BCUT2D eigenvalue weighted by molar-refractivity contribution is 9.12. The number of halogens is 2. The number of hydrogen-bond donors (Lipinski definition) is 1. The molecule has 1 aliphatic rings. The van der Waals surface area contributed by atoms with E-state index < -0.39 is 0 Å². The zero-order chi connectivity index (χ0) is 12.4. The Morgan fingerprint density at radius 1 is 1.65 bits per heavy atom. The first-order valence-corrected chi connectivity index (χ1v) is 7.58. The molecule has 1 saturated heterocycles. The van der Waals surface area contributed by atoms with E-state index >= 15 is 0 Å². The highest BCUT2D eigenvalue weighted by Gasteiger charge is 2.26. The van der Waals surface area contributed by atoms with Crippen LogP contribution in [0.3, 0.4) is 0 Å². The van der Waals surface area contributed by atoms with Crippen molar-refractivity contribution in [1.82, 2.24) is 4.90 Å². The molecule has 7 heteroatoms. The lowest BCUT2D eigenvalue weighted by Gasteiger charge is -2.32. The van der Waals surface area contributed by atoms with E-state index in [0.717, 1.165) is 7.57 Å². The van der Waals surface area contributed by atoms with E-state index in [1.54, 1.807) is 4.90 Å². The standard InChI is InChI=1S/C10H12Br2N2O2S/c11-8-3-7(9(12)17-8)10(15)14-1-2-16-6(4-13)5-14/h3,6H,1-2,4-5,13H2. The summed E-state index contributed by atoms with van der Waals surface area (Å²) in [5.41, 5.74) is 6.25. The molecule has 17 heavy (non-hydrogen) atoms. The van der Waals surface area contributed by atoms with Gasteiger partial charge in [0.05, 0.1) is 25.8 Å². The van der Waals surface area contributed by atoms with Gasteiger partial charge in [0.2, 0.25) is 0 Å². The Kier molecular flexibility index (Phi) is 4.59. The maximum absolute atomic E-state index is 12.3. The minimum absolute atomic E-state index is 0.0283. The normalized spacial score (nSPS) is 20.6. The Morgan fingerprint density at radius 2 is 2.41 bits per heavy atom. The van der Waals surface area contributed by atoms with Gasteiger partial charge < -0.3 is 15.4 Å². The first kappa shape index (κ1) is 13.5. The molecular formula is C10H12Br2N2O2S. The maximum atomic E-state index is 12.3. The number of amides is 1. The Balaban J connectivity index is 2.12. The van der Waals surface area contributed by atoms with Crippen LogP contribution in [0, 0.1) is 0 Å². The summed E-state index contributed by atoms with van der Waals surface area (Å²) in [6.45, 7) is 2.18. The van der Waals surface area contributed by atoms with Gasteiger partial charge >= 0.3 is 0 Å². The van der Waals surface area contributed by atoms with Crippen molar-refractivity contribution in [3.05, 3.63) is 19.2 Å². The van der Waals surface area contributed by atoms with Crippen LogP contribution in [0.25, 0.3) is 0 Å². The van der Waals surface area contributed by atoms with E-state index in [0.29, 0.717) is 31.8 Å². The van der Waals surface area contributed by atoms with Gasteiger partial charge in [0.25, 0.3) is 5.91 Å². The Bertz CT molecular complexity index is 424. The van der Waals surface area contributed by atoms with Crippen molar-refractivity contribution < 1.29 is 9.53 Å². The molecule has 94 valence electrons. The number of rotatable bonds is 2. The molecule has 0 aromatic carbocycles. The molecule has 1 atom stereocenters. The number of nitrogens with zero attached hydrogens (tertiary/aromatic N) is 1. The van der Waals surface area contributed by atoms with Gasteiger partial charge in [-0.05, 0) is 37.9 Å². The van der Waals surface area contributed by atoms with Gasteiger partial charge in [-0.25, -0.2) is 0 Å². The molecular weight excluding hydrogens is 372 g/mol. The Morgan fingerprint density at radius 3 is 3.00 bits per heavy atom. The van der Waals surface area contributed by atoms with Crippen molar-refractivity contribution in [2.45, 2.75) is 6.10 Å². The van der Waals surface area contributed by atoms with E-state index in [2.05, 4.69) is 31.9 Å². The third-order valence-corrected chi connectivity index (χ3v) is 4.92. The lowest BCUT2D eigenvalue weighted by atomic mass is 10.2. The van der Waals surface area contributed by atoms with E-state index in [9.17, 15) is 4.79 Å². The number of carbonyl (C=O) groups is 1. The lowest BCUT2D eigenvalue weighted by molar-refractivity contribution is -0.0167. The van der Waals surface area contributed by atoms with Crippen LogP contribution in [0.5, 0.6) is 0 Å². The summed E-state index contributed by atoms with van der Waals surface area (Å²) in [4.78, 5) is 14.1. The first-order valence-electron chi connectivity index (χ1n) is 5.17. The molecule has 0 spiro atoms. The monoisotopic (exact) mass is 382 g/mol. The van der Waals surface area contributed by atoms with Crippen molar-refractivity contribution >= 4 is 49.1 Å². The van der Waals surface area contributed by atoms with Crippen molar-refractivity contribution in [3.8, 4) is 0 Å². The average Bonchev–Trinajstić information content (AvgIpc) is 2.67. The van der Waals surface area contributed by atoms with Gasteiger partial charge in [-0.15, -0.1) is 11.3 Å². The summed E-state index contributed by atoms with van der Waals surface area (Å²) >= 11 is 8.27. The number of ether oxygens (including phenoxy) is 1. The van der Waals surface area contributed by atoms with Crippen LogP contribution in [-0.4, -0.2) is 43.2 Å². The summed E-state index contributed by atoms with van der Waals surface area (Å²) in [5.74, 6) is 0.0283. The van der Waals surface area contributed by atoms with Crippen molar-refractivity contribution in [3.63, 3.8) is 0 Å². The minimum atomic E-state index is -0.0476. The molecule has 0 radical (unpaired) electrons. The van der Waals surface area contributed by atoms with E-state index in [1.165, 1.54) is 11.3 Å². The Labute approximate surface area is 120 Å². The SMILES string of the molecule is NCC1CN(C(=O)c2cc(Br)sc2Br)CCO1. The largest absolute Gasteiger partial charge is 0.373 e. The maximum Gasteiger partial charge on any atom is 0.256 e. The van der Waals surface area contributed by atoms with Crippen LogP contribution in [0.15, 0.2) is 13.6 Å². The number of carbonyl (C=O) groups excluding carboxylic acids is 1. The summed E-state index contributed by atoms with van der Waals surface area (Å²) in [6, 6.07) is 1.84. The van der Waals surface area contributed by atoms with Crippen molar-refractivity contribution in [2.24, 2.45) is 5.73 Å². The highest BCUT2D eigenvalue weighted by Crippen LogP contribution is 2.32. The molecule has 4 nitrogen and oxygen atoms in total.